The predicted octanol–water partition coefficient (Wildman–Crippen LogP) is -0.235. The zero-order valence-electron chi connectivity index (χ0n) is 6.89. The third-order valence-electron chi connectivity index (χ3n) is 1.15. The van der Waals surface area contributed by atoms with Gasteiger partial charge in [0, 0.05) is 0 Å². The number of nitrogens with zero attached hydrogens (tertiary/aromatic N) is 2. The molecule has 0 saturated heterocycles. The normalized spacial score (nSPS) is 13.2. The first-order chi connectivity index (χ1) is 5.66. The number of rotatable bonds is 0. The third-order valence-corrected chi connectivity index (χ3v) is 1.15. The number of hydrogen-bond acceptors (Lipinski definition) is 3. The molecule has 3 N–H and O–H groups in total. The minimum Gasteiger partial charge on any atom is -0.330 e. The van der Waals surface area contributed by atoms with E-state index in [2.05, 4.69) is 19.9 Å². The molecule has 0 aliphatic carbocycles. The molecule has 2 heterocycles. The average molecular weight is 137 g/mol. The van der Waals surface area contributed by atoms with Gasteiger partial charge >= 0.3 is 0 Å². The fourth-order valence-corrected chi connectivity index (χ4v) is 0.703. The summed E-state index contributed by atoms with van der Waals surface area (Å²) in [6, 6.07) is 0. The van der Waals surface area contributed by atoms with E-state index in [1.165, 1.54) is 0 Å². The molecule has 10 heavy (non-hydrogen) atoms. The average Bonchev–Trinajstić information content (AvgIpc) is 2.29. The van der Waals surface area contributed by atoms with Gasteiger partial charge in [0.2, 0.25) is 0 Å². The lowest BCUT2D eigenvalue weighted by Gasteiger charge is -1.84. The molecule has 50 valence electrons. The summed E-state index contributed by atoms with van der Waals surface area (Å²) in [6.07, 6.45) is -0.166. The highest BCUT2D eigenvalue weighted by Crippen LogP contribution is 1.93. The van der Waals surface area contributed by atoms with Crippen LogP contribution in [0.5, 0.6) is 0 Å². The Morgan fingerprint density at radius 2 is 2.20 bits per heavy atom. The number of aromatic amines is 2. The number of aromatic nitrogens is 4. The third kappa shape index (κ3) is 0.540. The van der Waals surface area contributed by atoms with Crippen LogP contribution in [-0.4, -0.2) is 19.9 Å². The number of fused-ring (bicyclic) bond motifs is 1. The van der Waals surface area contributed by atoms with Crippen LogP contribution in [0.2, 0.25) is 0 Å². The smallest absolute Gasteiger partial charge is 0.162 e. The van der Waals surface area contributed by atoms with Gasteiger partial charge in [0.1, 0.15) is 8.26 Å². The molecule has 0 fully saturated rings. The molecule has 5 nitrogen and oxygen atoms in total. The van der Waals surface area contributed by atoms with Crippen LogP contribution in [0.15, 0.2) is 12.6 Å². The van der Waals surface area contributed by atoms with Gasteiger partial charge in [-0.1, -0.05) is 0 Å². The van der Waals surface area contributed by atoms with Crippen molar-refractivity contribution in [2.45, 2.75) is 0 Å². The Labute approximate surface area is 58.5 Å². The maximum atomic E-state index is 7.34. The van der Waals surface area contributed by atoms with E-state index in [1.807, 2.05) is 0 Å². The molecule has 2 aromatic rings. The van der Waals surface area contributed by atoms with Crippen LogP contribution >= 0.6 is 0 Å². The summed E-state index contributed by atoms with van der Waals surface area (Å²) in [5.74, 6) is 0. The number of nitrogens with one attached hydrogen (secondary N) is 3. The van der Waals surface area contributed by atoms with Crippen molar-refractivity contribution in [3.8, 4) is 0 Å². The minimum absolute atomic E-state index is 0.000231. The Kier molecular flexibility index (Phi) is 0.582. The summed E-state index contributed by atoms with van der Waals surface area (Å²) in [4.78, 5) is 12.3. The van der Waals surface area contributed by atoms with Crippen molar-refractivity contribution in [2.75, 3.05) is 0 Å². The van der Waals surface area contributed by atoms with E-state index in [0.717, 1.165) is 0 Å². The molecule has 0 unspecified atom stereocenters. The second-order valence-corrected chi connectivity index (χ2v) is 1.77. The van der Waals surface area contributed by atoms with E-state index in [4.69, 9.17) is 8.15 Å². The molecule has 0 spiro atoms. The van der Waals surface area contributed by atoms with Gasteiger partial charge in [0.05, 0.1) is 12.6 Å². The van der Waals surface area contributed by atoms with E-state index in [1.54, 1.807) is 0 Å². The van der Waals surface area contributed by atoms with Crippen molar-refractivity contribution in [3.05, 3.63) is 18.1 Å². The van der Waals surface area contributed by atoms with Crippen LogP contribution in [0.3, 0.4) is 0 Å². The van der Waals surface area contributed by atoms with E-state index in [-0.39, 0.29) is 23.6 Å². The van der Waals surface area contributed by atoms with Gasteiger partial charge in [-0.15, -0.1) is 0 Å². The SMILES string of the molecule is [2H]c1nc2[nH]c([2H])nc2c(=N)[nH]1. The molecule has 0 radical (unpaired) electrons. The summed E-state index contributed by atoms with van der Waals surface area (Å²) in [5, 5.41) is 7.34. The summed E-state index contributed by atoms with van der Waals surface area (Å²) >= 11 is 0. The first-order valence-corrected chi connectivity index (χ1v) is 2.64. The zero-order valence-corrected chi connectivity index (χ0v) is 4.89. The van der Waals surface area contributed by atoms with Crippen LogP contribution in [0, 0.1) is 5.41 Å². The molecular formula is C5H5N5. The molecule has 0 bridgehead atoms. The fraction of sp³-hybridized carbons (Fsp3) is 0. The molecule has 0 amide bonds. The predicted molar refractivity (Wildman–Crippen MR) is 34.1 cm³/mol. The van der Waals surface area contributed by atoms with Crippen molar-refractivity contribution in [2.24, 2.45) is 0 Å². The molecule has 0 aliphatic rings. The van der Waals surface area contributed by atoms with Gasteiger partial charge in [-0.3, -0.25) is 5.41 Å². The van der Waals surface area contributed by atoms with E-state index in [0.29, 0.717) is 5.65 Å². The first-order valence-electron chi connectivity index (χ1n) is 3.64. The molecule has 0 saturated carbocycles. The highest BCUT2D eigenvalue weighted by atomic mass is 15.0. The second kappa shape index (κ2) is 1.66. The maximum absolute atomic E-state index is 7.34. The van der Waals surface area contributed by atoms with E-state index >= 15 is 0 Å². The van der Waals surface area contributed by atoms with Crippen LogP contribution in [0.1, 0.15) is 2.74 Å². The zero-order chi connectivity index (χ0) is 8.72. The number of H-pyrrole nitrogens is 2. The summed E-state index contributed by atoms with van der Waals surface area (Å²) in [5.41, 5.74) is 0.588. The topological polar surface area (TPSA) is 81.2 Å². The van der Waals surface area contributed by atoms with Crippen molar-refractivity contribution in [1.82, 2.24) is 19.9 Å². The number of hydrogen-bond donors (Lipinski definition) is 3. The van der Waals surface area contributed by atoms with Gasteiger partial charge in [-0.05, 0) is 0 Å². The van der Waals surface area contributed by atoms with Gasteiger partial charge in [-0.2, -0.15) is 0 Å². The molecule has 0 atom stereocenters. The van der Waals surface area contributed by atoms with Crippen molar-refractivity contribution >= 4 is 11.2 Å². The molecule has 0 aromatic carbocycles. The van der Waals surface area contributed by atoms with Gasteiger partial charge in [-0.25, -0.2) is 9.97 Å². The van der Waals surface area contributed by atoms with Crippen LogP contribution < -0.4 is 5.49 Å². The lowest BCUT2D eigenvalue weighted by atomic mass is 10.5. The highest BCUT2D eigenvalue weighted by molar-refractivity contribution is 5.66. The van der Waals surface area contributed by atoms with Gasteiger partial charge in [0.25, 0.3) is 0 Å². The first kappa shape index (κ1) is 3.50. The Morgan fingerprint density at radius 3 is 3.10 bits per heavy atom. The van der Waals surface area contributed by atoms with Crippen LogP contribution in [0.4, 0.5) is 0 Å². The highest BCUT2D eigenvalue weighted by Gasteiger charge is 1.95. The Balaban J connectivity index is 2.98. The lowest BCUT2D eigenvalue weighted by molar-refractivity contribution is 1.07. The van der Waals surface area contributed by atoms with Gasteiger partial charge in [0.15, 0.2) is 11.1 Å². The van der Waals surface area contributed by atoms with E-state index < -0.39 is 0 Å². The Bertz CT molecular complexity index is 484. The number of imidazole rings is 1. The maximum Gasteiger partial charge on any atom is 0.162 e. The molecule has 2 aromatic heterocycles. The van der Waals surface area contributed by atoms with E-state index in [9.17, 15) is 0 Å². The standard InChI is InChI=1S/C5H5N5/c6-4-3-5(9-1-7-3)10-2-8-4/h1-2H,(H3,6,7,8,9,10)/i1D,2D. The molecule has 5 heteroatoms. The van der Waals surface area contributed by atoms with Crippen LogP contribution in [-0.2, 0) is 0 Å². The Morgan fingerprint density at radius 1 is 1.40 bits per heavy atom. The molecule has 2 rings (SSSR count). The van der Waals surface area contributed by atoms with Crippen LogP contribution in [0.25, 0.3) is 11.2 Å². The second-order valence-electron chi connectivity index (χ2n) is 1.77. The van der Waals surface area contributed by atoms with Gasteiger partial charge < -0.3 is 9.97 Å². The Hall–Kier alpha value is -1.65. The van der Waals surface area contributed by atoms with Crippen molar-refractivity contribution < 1.29 is 2.74 Å². The van der Waals surface area contributed by atoms with Crippen molar-refractivity contribution in [3.63, 3.8) is 0 Å². The summed E-state index contributed by atoms with van der Waals surface area (Å²) < 4.78 is 14.3. The largest absolute Gasteiger partial charge is 0.330 e. The quantitative estimate of drug-likeness (QED) is 0.468. The minimum atomic E-state index is -0.115. The van der Waals surface area contributed by atoms with Crippen molar-refractivity contribution in [1.29, 1.82) is 5.41 Å². The fourth-order valence-electron chi connectivity index (χ4n) is 0.703. The summed E-state index contributed by atoms with van der Waals surface area (Å²) in [6.45, 7) is 0. The summed E-state index contributed by atoms with van der Waals surface area (Å²) in [7, 11) is 0. The lowest BCUT2D eigenvalue weighted by Crippen LogP contribution is -2.05. The molecular weight excluding hydrogens is 130 g/mol. The molecule has 0 aliphatic heterocycles. The monoisotopic (exact) mass is 137 g/mol.